The molecule has 1 heterocycles. The predicted octanol–water partition coefficient (Wildman–Crippen LogP) is 3.64. The Labute approximate surface area is 98.4 Å². The second kappa shape index (κ2) is 4.26. The van der Waals surface area contributed by atoms with Crippen LogP contribution in [0.4, 0.5) is 0 Å². The maximum absolute atomic E-state index is 11.3. The third-order valence-corrected chi connectivity index (χ3v) is 2.64. The second-order valence-corrected chi connectivity index (χ2v) is 4.13. The quantitative estimate of drug-likeness (QED) is 0.766. The summed E-state index contributed by atoms with van der Waals surface area (Å²) < 4.78 is 5.52. The summed E-state index contributed by atoms with van der Waals surface area (Å²) in [7, 11) is 0. The van der Waals surface area contributed by atoms with E-state index < -0.39 is 0 Å². The highest BCUT2D eigenvalue weighted by Gasteiger charge is 2.12. The van der Waals surface area contributed by atoms with Crippen LogP contribution in [0.15, 0.2) is 16.5 Å². The van der Waals surface area contributed by atoms with Gasteiger partial charge in [0.15, 0.2) is 17.3 Å². The van der Waals surface area contributed by atoms with Gasteiger partial charge >= 0.3 is 0 Å². The van der Waals surface area contributed by atoms with Crippen molar-refractivity contribution >= 4 is 28.5 Å². The summed E-state index contributed by atoms with van der Waals surface area (Å²) in [5.41, 5.74) is 1.78. The SMILES string of the molecule is CCCc1nc2cc(C(C)=O)cc(Cl)c2o1. The van der Waals surface area contributed by atoms with Crippen LogP contribution < -0.4 is 0 Å². The lowest BCUT2D eigenvalue weighted by Gasteiger charge is -1.96. The number of Topliss-reactive ketones (excluding diaryl/α,β-unsaturated/α-hetero) is 1. The van der Waals surface area contributed by atoms with Crippen LogP contribution in [0.3, 0.4) is 0 Å². The molecule has 4 heteroatoms. The highest BCUT2D eigenvalue weighted by Crippen LogP contribution is 2.26. The van der Waals surface area contributed by atoms with Gasteiger partial charge in [-0.25, -0.2) is 4.98 Å². The summed E-state index contributed by atoms with van der Waals surface area (Å²) in [4.78, 5) is 15.6. The van der Waals surface area contributed by atoms with Gasteiger partial charge in [0.1, 0.15) is 5.52 Å². The van der Waals surface area contributed by atoms with Crippen LogP contribution >= 0.6 is 11.6 Å². The van der Waals surface area contributed by atoms with Crippen LogP contribution in [0.1, 0.15) is 36.5 Å². The van der Waals surface area contributed by atoms with Gasteiger partial charge in [0.05, 0.1) is 5.02 Å². The third-order valence-electron chi connectivity index (χ3n) is 2.36. The molecule has 0 aliphatic heterocycles. The molecule has 2 aromatic rings. The monoisotopic (exact) mass is 237 g/mol. The fraction of sp³-hybridized carbons (Fsp3) is 0.333. The molecule has 0 amide bonds. The number of carbonyl (C=O) groups excluding carboxylic acids is 1. The Balaban J connectivity index is 2.58. The topological polar surface area (TPSA) is 43.1 Å². The van der Waals surface area contributed by atoms with Gasteiger partial charge in [0.25, 0.3) is 0 Å². The zero-order valence-corrected chi connectivity index (χ0v) is 9.97. The van der Waals surface area contributed by atoms with E-state index in [1.807, 2.05) is 0 Å². The Morgan fingerprint density at radius 1 is 1.50 bits per heavy atom. The number of halogens is 1. The largest absolute Gasteiger partial charge is 0.439 e. The minimum atomic E-state index is -0.0242. The summed E-state index contributed by atoms with van der Waals surface area (Å²) in [6.45, 7) is 3.56. The first kappa shape index (κ1) is 11.1. The normalized spacial score (nSPS) is 10.9. The van der Waals surface area contributed by atoms with Crippen LogP contribution in [-0.4, -0.2) is 10.8 Å². The first-order valence-corrected chi connectivity index (χ1v) is 5.59. The number of aryl methyl sites for hydroxylation is 1. The number of nitrogens with zero attached hydrogens (tertiary/aromatic N) is 1. The van der Waals surface area contributed by atoms with Crippen LogP contribution in [0.5, 0.6) is 0 Å². The van der Waals surface area contributed by atoms with Crippen molar-refractivity contribution in [2.45, 2.75) is 26.7 Å². The fourth-order valence-corrected chi connectivity index (χ4v) is 1.81. The summed E-state index contributed by atoms with van der Waals surface area (Å²) in [5.74, 6) is 0.643. The molecule has 3 nitrogen and oxygen atoms in total. The Bertz CT molecular complexity index is 545. The molecular formula is C12H12ClNO2. The van der Waals surface area contributed by atoms with Crippen molar-refractivity contribution < 1.29 is 9.21 Å². The zero-order chi connectivity index (χ0) is 11.7. The van der Waals surface area contributed by atoms with Crippen molar-refractivity contribution in [1.82, 2.24) is 4.98 Å². The number of hydrogen-bond acceptors (Lipinski definition) is 3. The molecule has 0 unspecified atom stereocenters. The first-order chi connectivity index (χ1) is 7.61. The van der Waals surface area contributed by atoms with E-state index in [9.17, 15) is 4.79 Å². The van der Waals surface area contributed by atoms with E-state index in [1.165, 1.54) is 6.92 Å². The van der Waals surface area contributed by atoms with E-state index in [4.69, 9.17) is 16.0 Å². The predicted molar refractivity (Wildman–Crippen MR) is 63.0 cm³/mol. The summed E-state index contributed by atoms with van der Waals surface area (Å²) in [6, 6.07) is 3.33. The second-order valence-electron chi connectivity index (χ2n) is 3.72. The van der Waals surface area contributed by atoms with E-state index in [2.05, 4.69) is 11.9 Å². The van der Waals surface area contributed by atoms with Crippen molar-refractivity contribution in [3.05, 3.63) is 28.6 Å². The number of fused-ring (bicyclic) bond motifs is 1. The summed E-state index contributed by atoms with van der Waals surface area (Å²) >= 11 is 6.03. The molecule has 1 aromatic heterocycles. The van der Waals surface area contributed by atoms with Gasteiger partial charge in [-0.3, -0.25) is 4.79 Å². The van der Waals surface area contributed by atoms with Gasteiger partial charge in [-0.2, -0.15) is 0 Å². The number of hydrogen-bond donors (Lipinski definition) is 0. The zero-order valence-electron chi connectivity index (χ0n) is 9.21. The third kappa shape index (κ3) is 1.95. The number of carbonyl (C=O) groups is 1. The molecule has 2 rings (SSSR count). The molecule has 0 aliphatic rings. The molecule has 0 atom stereocenters. The van der Waals surface area contributed by atoms with Crippen molar-refractivity contribution in [1.29, 1.82) is 0 Å². The van der Waals surface area contributed by atoms with E-state index in [0.717, 1.165) is 12.8 Å². The molecule has 0 radical (unpaired) electrons. The number of rotatable bonds is 3. The molecule has 0 spiro atoms. The average Bonchev–Trinajstić information content (AvgIpc) is 2.61. The van der Waals surface area contributed by atoms with Crippen LogP contribution in [0.25, 0.3) is 11.1 Å². The lowest BCUT2D eigenvalue weighted by molar-refractivity contribution is 0.101. The van der Waals surface area contributed by atoms with Crippen molar-refractivity contribution in [3.63, 3.8) is 0 Å². The van der Waals surface area contributed by atoms with E-state index in [1.54, 1.807) is 12.1 Å². The smallest absolute Gasteiger partial charge is 0.195 e. The molecule has 0 bridgehead atoms. The standard InChI is InChI=1S/C12H12ClNO2/c1-3-4-11-14-10-6-8(7(2)15)5-9(13)12(10)16-11/h5-6H,3-4H2,1-2H3. The molecular weight excluding hydrogens is 226 g/mol. The van der Waals surface area contributed by atoms with Gasteiger partial charge in [-0.1, -0.05) is 18.5 Å². The Morgan fingerprint density at radius 3 is 2.88 bits per heavy atom. The number of aromatic nitrogens is 1. The molecule has 84 valence electrons. The van der Waals surface area contributed by atoms with Crippen LogP contribution in [0.2, 0.25) is 5.02 Å². The lowest BCUT2D eigenvalue weighted by Crippen LogP contribution is -1.91. The van der Waals surface area contributed by atoms with Crippen LogP contribution in [0, 0.1) is 0 Å². The van der Waals surface area contributed by atoms with Crippen molar-refractivity contribution in [2.24, 2.45) is 0 Å². The molecule has 0 saturated heterocycles. The van der Waals surface area contributed by atoms with Gasteiger partial charge < -0.3 is 4.42 Å². The summed E-state index contributed by atoms with van der Waals surface area (Å²) in [5, 5.41) is 0.442. The Hall–Kier alpha value is -1.35. The molecule has 0 fully saturated rings. The maximum atomic E-state index is 11.3. The Morgan fingerprint density at radius 2 is 2.25 bits per heavy atom. The molecule has 0 N–H and O–H groups in total. The van der Waals surface area contributed by atoms with Gasteiger partial charge in [0, 0.05) is 12.0 Å². The number of ketones is 1. The fourth-order valence-electron chi connectivity index (χ4n) is 1.56. The van der Waals surface area contributed by atoms with Gasteiger partial charge in [-0.15, -0.1) is 0 Å². The van der Waals surface area contributed by atoms with E-state index >= 15 is 0 Å². The number of benzene rings is 1. The molecule has 1 aromatic carbocycles. The minimum absolute atomic E-state index is 0.0242. The van der Waals surface area contributed by atoms with E-state index in [0.29, 0.717) is 27.6 Å². The average molecular weight is 238 g/mol. The van der Waals surface area contributed by atoms with Crippen LogP contribution in [-0.2, 0) is 6.42 Å². The lowest BCUT2D eigenvalue weighted by atomic mass is 10.1. The summed E-state index contributed by atoms with van der Waals surface area (Å²) in [6.07, 6.45) is 1.74. The highest BCUT2D eigenvalue weighted by atomic mass is 35.5. The van der Waals surface area contributed by atoms with Crippen molar-refractivity contribution in [2.75, 3.05) is 0 Å². The molecule has 0 saturated carbocycles. The maximum Gasteiger partial charge on any atom is 0.195 e. The molecule has 16 heavy (non-hydrogen) atoms. The van der Waals surface area contributed by atoms with Crippen molar-refractivity contribution in [3.8, 4) is 0 Å². The molecule has 0 aliphatic carbocycles. The first-order valence-electron chi connectivity index (χ1n) is 5.21. The van der Waals surface area contributed by atoms with Gasteiger partial charge in [-0.05, 0) is 25.5 Å². The Kier molecular flexibility index (Phi) is 2.97. The van der Waals surface area contributed by atoms with E-state index in [-0.39, 0.29) is 5.78 Å². The highest BCUT2D eigenvalue weighted by molar-refractivity contribution is 6.35. The van der Waals surface area contributed by atoms with Gasteiger partial charge in [0.2, 0.25) is 0 Å². The number of oxazole rings is 1. The minimum Gasteiger partial charge on any atom is -0.439 e.